The Morgan fingerprint density at radius 3 is 2.47 bits per heavy atom. The highest BCUT2D eigenvalue weighted by Crippen LogP contribution is 2.22. The molecule has 1 aromatic carbocycles. The Hall–Kier alpha value is -1.31. The number of hydrogen-bond acceptors (Lipinski definition) is 2. The average molecular weight is 234 g/mol. The van der Waals surface area contributed by atoms with E-state index in [1.165, 1.54) is 0 Å². The van der Waals surface area contributed by atoms with Crippen molar-refractivity contribution in [2.45, 2.75) is 40.0 Å². The maximum absolute atomic E-state index is 11.6. The molecule has 0 saturated heterocycles. The highest BCUT2D eigenvalue weighted by molar-refractivity contribution is 5.72. The molecule has 0 saturated carbocycles. The summed E-state index contributed by atoms with van der Waals surface area (Å²) < 4.78 is 5.32. The molecule has 0 N–H and O–H groups in total. The van der Waals surface area contributed by atoms with Crippen LogP contribution in [0.1, 0.15) is 39.2 Å². The quantitative estimate of drug-likeness (QED) is 0.703. The lowest BCUT2D eigenvalue weighted by molar-refractivity contribution is -0.146. The number of ether oxygens (including phenoxy) is 1. The third-order valence-electron chi connectivity index (χ3n) is 2.74. The lowest BCUT2D eigenvalue weighted by atomic mass is 9.89. The van der Waals surface area contributed by atoms with Crippen LogP contribution in [0.4, 0.5) is 0 Å². The van der Waals surface area contributed by atoms with Crippen molar-refractivity contribution in [1.82, 2.24) is 0 Å². The summed E-state index contributed by atoms with van der Waals surface area (Å²) in [6, 6.07) is 9.70. The second-order valence-corrected chi connectivity index (χ2v) is 5.24. The second-order valence-electron chi connectivity index (χ2n) is 5.24. The fourth-order valence-electron chi connectivity index (χ4n) is 1.84. The van der Waals surface area contributed by atoms with Crippen LogP contribution in [0.15, 0.2) is 30.3 Å². The molecule has 17 heavy (non-hydrogen) atoms. The lowest BCUT2D eigenvalue weighted by Crippen LogP contribution is -2.22. The zero-order chi connectivity index (χ0) is 12.7. The Morgan fingerprint density at radius 1 is 1.24 bits per heavy atom. The zero-order valence-electron chi connectivity index (χ0n) is 11.0. The first-order chi connectivity index (χ1) is 8.03. The van der Waals surface area contributed by atoms with Crippen LogP contribution < -0.4 is 0 Å². The highest BCUT2D eigenvalue weighted by atomic mass is 16.5. The molecule has 94 valence electrons. The molecule has 0 amide bonds. The predicted octanol–water partition coefficient (Wildman–Crippen LogP) is 3.60. The van der Waals surface area contributed by atoms with Gasteiger partial charge >= 0.3 is 5.97 Å². The molecule has 0 aliphatic heterocycles. The molecule has 0 aliphatic rings. The van der Waals surface area contributed by atoms with Gasteiger partial charge in [0.2, 0.25) is 0 Å². The van der Waals surface area contributed by atoms with Gasteiger partial charge in [-0.25, -0.2) is 0 Å². The number of esters is 1. The van der Waals surface area contributed by atoms with Gasteiger partial charge in [0.25, 0.3) is 0 Å². The Balaban J connectivity index is 2.36. The molecule has 0 bridgehead atoms. The maximum atomic E-state index is 11.6. The van der Waals surface area contributed by atoms with Gasteiger partial charge in [-0.2, -0.15) is 0 Å². The van der Waals surface area contributed by atoms with E-state index in [0.29, 0.717) is 13.0 Å². The van der Waals surface area contributed by atoms with E-state index < -0.39 is 0 Å². The number of carbonyl (C=O) groups is 1. The van der Waals surface area contributed by atoms with Crippen LogP contribution in [0.25, 0.3) is 0 Å². The summed E-state index contributed by atoms with van der Waals surface area (Å²) >= 11 is 0. The summed E-state index contributed by atoms with van der Waals surface area (Å²) in [6.45, 7) is 6.92. The fourth-order valence-corrected chi connectivity index (χ4v) is 1.84. The average Bonchev–Trinajstić information content (AvgIpc) is 2.28. The van der Waals surface area contributed by atoms with Gasteiger partial charge in [-0.15, -0.1) is 0 Å². The van der Waals surface area contributed by atoms with E-state index in [-0.39, 0.29) is 11.4 Å². The highest BCUT2D eigenvalue weighted by Gasteiger charge is 2.19. The number of rotatable bonds is 6. The summed E-state index contributed by atoms with van der Waals surface area (Å²) in [6.07, 6.45) is 2.55. The van der Waals surface area contributed by atoms with Gasteiger partial charge in [-0.05, 0) is 17.4 Å². The van der Waals surface area contributed by atoms with Crippen LogP contribution in [0.3, 0.4) is 0 Å². The third kappa shape index (κ3) is 5.53. The smallest absolute Gasteiger partial charge is 0.310 e. The van der Waals surface area contributed by atoms with Crippen molar-refractivity contribution < 1.29 is 9.53 Å². The first-order valence-corrected chi connectivity index (χ1v) is 6.23. The van der Waals surface area contributed by atoms with Crippen molar-refractivity contribution in [2.24, 2.45) is 5.41 Å². The van der Waals surface area contributed by atoms with E-state index >= 15 is 0 Å². The largest absolute Gasteiger partial charge is 0.465 e. The monoisotopic (exact) mass is 234 g/mol. The van der Waals surface area contributed by atoms with Crippen LogP contribution in [0.5, 0.6) is 0 Å². The number of benzene rings is 1. The van der Waals surface area contributed by atoms with Crippen molar-refractivity contribution in [3.63, 3.8) is 0 Å². The van der Waals surface area contributed by atoms with Crippen LogP contribution in [-0.4, -0.2) is 12.6 Å². The van der Waals surface area contributed by atoms with E-state index in [2.05, 4.69) is 20.8 Å². The molecule has 2 nitrogen and oxygen atoms in total. The molecule has 0 atom stereocenters. The Morgan fingerprint density at radius 2 is 1.88 bits per heavy atom. The second kappa shape index (κ2) is 6.43. The first kappa shape index (κ1) is 13.8. The Labute approximate surface area is 104 Å². The number of carbonyl (C=O) groups excluding carboxylic acids is 1. The van der Waals surface area contributed by atoms with Crippen molar-refractivity contribution in [3.8, 4) is 0 Å². The van der Waals surface area contributed by atoms with Crippen molar-refractivity contribution >= 4 is 5.97 Å². The summed E-state index contributed by atoms with van der Waals surface area (Å²) in [5, 5.41) is 0. The molecule has 1 rings (SSSR count). The molecule has 1 aromatic rings. The van der Waals surface area contributed by atoms with Crippen LogP contribution in [-0.2, 0) is 16.0 Å². The molecule has 0 radical (unpaired) electrons. The van der Waals surface area contributed by atoms with Gasteiger partial charge in [-0.1, -0.05) is 57.5 Å². The maximum Gasteiger partial charge on any atom is 0.310 e. The van der Waals surface area contributed by atoms with Crippen LogP contribution in [0.2, 0.25) is 0 Å². The third-order valence-corrected chi connectivity index (χ3v) is 2.74. The minimum atomic E-state index is -0.139. The lowest BCUT2D eigenvalue weighted by Gasteiger charge is -2.23. The molecule has 0 unspecified atom stereocenters. The van der Waals surface area contributed by atoms with Gasteiger partial charge in [-0.3, -0.25) is 4.79 Å². The van der Waals surface area contributed by atoms with Crippen molar-refractivity contribution in [3.05, 3.63) is 35.9 Å². The fraction of sp³-hybridized carbons (Fsp3) is 0.533. The standard InChI is InChI=1S/C15H22O2/c1-4-10-15(2,3)12-17-14(16)11-13-8-6-5-7-9-13/h5-9H,4,10-12H2,1-3H3. The van der Waals surface area contributed by atoms with E-state index in [1.807, 2.05) is 30.3 Å². The summed E-state index contributed by atoms with van der Waals surface area (Å²) in [5.41, 5.74) is 1.09. The van der Waals surface area contributed by atoms with Crippen LogP contribution >= 0.6 is 0 Å². The first-order valence-electron chi connectivity index (χ1n) is 6.23. The predicted molar refractivity (Wildman–Crippen MR) is 69.8 cm³/mol. The molecule has 0 spiro atoms. The van der Waals surface area contributed by atoms with Crippen molar-refractivity contribution in [1.29, 1.82) is 0 Å². The molecular weight excluding hydrogens is 212 g/mol. The molecule has 0 heterocycles. The summed E-state index contributed by atoms with van der Waals surface area (Å²) in [7, 11) is 0. The summed E-state index contributed by atoms with van der Waals surface area (Å²) in [4.78, 5) is 11.6. The zero-order valence-corrected chi connectivity index (χ0v) is 11.0. The molecular formula is C15H22O2. The molecule has 0 aromatic heterocycles. The normalized spacial score (nSPS) is 11.2. The van der Waals surface area contributed by atoms with Crippen LogP contribution in [0, 0.1) is 5.41 Å². The van der Waals surface area contributed by atoms with Crippen molar-refractivity contribution in [2.75, 3.05) is 6.61 Å². The van der Waals surface area contributed by atoms with E-state index in [9.17, 15) is 4.79 Å². The number of hydrogen-bond donors (Lipinski definition) is 0. The van der Waals surface area contributed by atoms with E-state index in [4.69, 9.17) is 4.74 Å². The van der Waals surface area contributed by atoms with Gasteiger partial charge in [0.1, 0.15) is 0 Å². The Kier molecular flexibility index (Phi) is 5.20. The Bertz CT molecular complexity index is 341. The SMILES string of the molecule is CCCC(C)(C)COC(=O)Cc1ccccc1. The molecule has 2 heteroatoms. The van der Waals surface area contributed by atoms with E-state index in [0.717, 1.165) is 18.4 Å². The van der Waals surface area contributed by atoms with E-state index in [1.54, 1.807) is 0 Å². The summed E-state index contributed by atoms with van der Waals surface area (Å²) in [5.74, 6) is -0.139. The molecule has 0 aliphatic carbocycles. The van der Waals surface area contributed by atoms with Gasteiger partial charge in [0, 0.05) is 0 Å². The van der Waals surface area contributed by atoms with Gasteiger partial charge < -0.3 is 4.74 Å². The topological polar surface area (TPSA) is 26.3 Å². The van der Waals surface area contributed by atoms with Gasteiger partial charge in [0.15, 0.2) is 0 Å². The minimum absolute atomic E-state index is 0.0844. The van der Waals surface area contributed by atoms with Gasteiger partial charge in [0.05, 0.1) is 13.0 Å². The minimum Gasteiger partial charge on any atom is -0.465 e. The molecule has 0 fully saturated rings.